The lowest BCUT2D eigenvalue weighted by molar-refractivity contribution is -0.138. The molecular weight excluding hydrogens is 474 g/mol. The maximum absolute atomic E-state index is 13.1. The van der Waals surface area contributed by atoms with E-state index < -0.39 is 0 Å². The molecule has 0 bridgehead atoms. The number of aryl methyl sites for hydroxylation is 1. The molecule has 1 unspecified atom stereocenters. The summed E-state index contributed by atoms with van der Waals surface area (Å²) in [4.78, 5) is 41.8. The van der Waals surface area contributed by atoms with Crippen molar-refractivity contribution in [2.45, 2.75) is 30.5 Å². The van der Waals surface area contributed by atoms with Crippen molar-refractivity contribution in [2.75, 3.05) is 49.3 Å². The minimum absolute atomic E-state index is 0.00340. The number of carbonyl (C=O) groups is 3. The van der Waals surface area contributed by atoms with Crippen LogP contribution in [0.15, 0.2) is 28.6 Å². The van der Waals surface area contributed by atoms with E-state index in [9.17, 15) is 14.4 Å². The first kappa shape index (κ1) is 24.6. The lowest BCUT2D eigenvalue weighted by atomic mass is 9.94. The number of rotatable bonds is 8. The Bertz CT molecular complexity index is 1020. The Morgan fingerprint density at radius 1 is 1.18 bits per heavy atom. The van der Waals surface area contributed by atoms with Crippen LogP contribution >= 0.6 is 23.1 Å². The van der Waals surface area contributed by atoms with Crippen molar-refractivity contribution in [3.05, 3.63) is 29.8 Å². The Morgan fingerprint density at radius 3 is 2.62 bits per heavy atom. The van der Waals surface area contributed by atoms with Crippen LogP contribution in [0.1, 0.15) is 24.8 Å². The summed E-state index contributed by atoms with van der Waals surface area (Å²) in [6.45, 7) is 4.06. The molecule has 2 aromatic rings. The van der Waals surface area contributed by atoms with Crippen LogP contribution in [0.25, 0.3) is 0 Å². The molecule has 0 saturated carbocycles. The van der Waals surface area contributed by atoms with Gasteiger partial charge in [-0.25, -0.2) is 0 Å². The molecule has 11 heteroatoms. The number of nitrogens with one attached hydrogen (secondary N) is 1. The van der Waals surface area contributed by atoms with Gasteiger partial charge in [0.1, 0.15) is 0 Å². The van der Waals surface area contributed by atoms with Crippen molar-refractivity contribution >= 4 is 51.6 Å². The van der Waals surface area contributed by atoms with Gasteiger partial charge in [-0.2, -0.15) is 0 Å². The van der Waals surface area contributed by atoms with E-state index in [0.717, 1.165) is 21.3 Å². The summed E-state index contributed by atoms with van der Waals surface area (Å²) in [5.41, 5.74) is 1.96. The van der Waals surface area contributed by atoms with Gasteiger partial charge in [-0.15, -0.1) is 10.2 Å². The third-order valence-corrected chi connectivity index (χ3v) is 8.08. The van der Waals surface area contributed by atoms with Gasteiger partial charge in [0.25, 0.3) is 0 Å². The summed E-state index contributed by atoms with van der Waals surface area (Å²) in [6, 6.07) is 7.78. The average Bonchev–Trinajstić information content (AvgIpc) is 3.45. The molecule has 0 aliphatic carbocycles. The minimum Gasteiger partial charge on any atom is -0.384 e. The molecule has 9 nitrogen and oxygen atoms in total. The van der Waals surface area contributed by atoms with Gasteiger partial charge >= 0.3 is 0 Å². The van der Waals surface area contributed by atoms with Crippen LogP contribution in [-0.4, -0.2) is 71.9 Å². The van der Waals surface area contributed by atoms with Crippen molar-refractivity contribution in [2.24, 2.45) is 11.8 Å². The van der Waals surface area contributed by atoms with Gasteiger partial charge in [-0.1, -0.05) is 40.8 Å². The molecule has 2 aliphatic heterocycles. The van der Waals surface area contributed by atoms with Crippen molar-refractivity contribution in [1.29, 1.82) is 0 Å². The number of piperidine rings is 1. The maximum atomic E-state index is 13.1. The molecular formula is C23H29N5O4S2. The van der Waals surface area contributed by atoms with Gasteiger partial charge < -0.3 is 19.9 Å². The fraction of sp³-hybridized carbons (Fsp3) is 0.522. The van der Waals surface area contributed by atoms with Gasteiger partial charge in [0.2, 0.25) is 22.9 Å². The highest BCUT2D eigenvalue weighted by Crippen LogP contribution is 2.29. The first-order valence-electron chi connectivity index (χ1n) is 11.4. The van der Waals surface area contributed by atoms with E-state index >= 15 is 0 Å². The topological polar surface area (TPSA) is 105 Å². The first-order valence-corrected chi connectivity index (χ1v) is 13.2. The summed E-state index contributed by atoms with van der Waals surface area (Å²) in [6.07, 6.45) is 1.41. The van der Waals surface area contributed by atoms with Crippen molar-refractivity contribution < 1.29 is 19.1 Å². The highest BCUT2D eigenvalue weighted by molar-refractivity contribution is 8.01. The fourth-order valence-electron chi connectivity index (χ4n) is 4.21. The predicted molar refractivity (Wildman–Crippen MR) is 132 cm³/mol. The molecule has 1 aromatic carbocycles. The van der Waals surface area contributed by atoms with Crippen LogP contribution in [0.2, 0.25) is 0 Å². The summed E-state index contributed by atoms with van der Waals surface area (Å²) in [5.74, 6) is 0.164. The van der Waals surface area contributed by atoms with Gasteiger partial charge in [0.05, 0.1) is 12.5 Å². The largest absolute Gasteiger partial charge is 0.384 e. The number of hydrogen-bond donors (Lipinski definition) is 1. The zero-order valence-corrected chi connectivity index (χ0v) is 21.0. The van der Waals surface area contributed by atoms with Crippen LogP contribution in [-0.2, 0) is 19.1 Å². The third-order valence-electron chi connectivity index (χ3n) is 6.15. The molecule has 1 aromatic heterocycles. The average molecular weight is 504 g/mol. The Morgan fingerprint density at radius 2 is 1.91 bits per heavy atom. The Balaban J connectivity index is 1.25. The van der Waals surface area contributed by atoms with Gasteiger partial charge in [0.15, 0.2) is 4.34 Å². The van der Waals surface area contributed by atoms with Crippen LogP contribution in [0.3, 0.4) is 0 Å². The molecule has 2 fully saturated rings. The predicted octanol–water partition coefficient (Wildman–Crippen LogP) is 2.82. The van der Waals surface area contributed by atoms with E-state index in [2.05, 4.69) is 15.5 Å². The van der Waals surface area contributed by atoms with Gasteiger partial charge in [0, 0.05) is 50.5 Å². The van der Waals surface area contributed by atoms with E-state index in [1.165, 1.54) is 11.3 Å². The Hall–Kier alpha value is -2.50. The monoisotopic (exact) mass is 503 g/mol. The van der Waals surface area contributed by atoms with Crippen molar-refractivity contribution in [3.63, 3.8) is 0 Å². The molecule has 1 atom stereocenters. The Labute approximate surface area is 207 Å². The summed E-state index contributed by atoms with van der Waals surface area (Å²) >= 11 is 2.89. The highest BCUT2D eigenvalue weighted by atomic mass is 32.2. The van der Waals surface area contributed by atoms with E-state index in [-0.39, 0.29) is 36.0 Å². The number of carbonyl (C=O) groups excluding carboxylic acids is 3. The van der Waals surface area contributed by atoms with Crippen LogP contribution in [0.5, 0.6) is 0 Å². The lowest BCUT2D eigenvalue weighted by Gasteiger charge is -2.32. The molecule has 0 radical (unpaired) electrons. The number of ether oxygens (including phenoxy) is 1. The molecule has 0 spiro atoms. The molecule has 34 heavy (non-hydrogen) atoms. The number of aromatic nitrogens is 2. The third kappa shape index (κ3) is 5.94. The number of likely N-dealkylation sites (tertiary alicyclic amines) is 1. The van der Waals surface area contributed by atoms with Crippen LogP contribution in [0.4, 0.5) is 10.8 Å². The number of nitrogens with zero attached hydrogens (tertiary/aromatic N) is 4. The van der Waals surface area contributed by atoms with Gasteiger partial charge in [-0.05, 0) is 31.9 Å². The molecule has 3 heterocycles. The normalized spacial score (nSPS) is 19.0. The number of hydrogen-bond acceptors (Lipinski definition) is 8. The van der Waals surface area contributed by atoms with E-state index in [4.69, 9.17) is 4.74 Å². The number of benzene rings is 1. The lowest BCUT2D eigenvalue weighted by Crippen LogP contribution is -2.44. The SMILES string of the molecule is COCCSc1nnc(NC(=O)C2CCN(C(=O)C3CC(=O)N(c4ccc(C)cc4)C3)CC2)s1. The van der Waals surface area contributed by atoms with Gasteiger partial charge in [-0.3, -0.25) is 14.4 Å². The highest BCUT2D eigenvalue weighted by Gasteiger charge is 2.38. The molecule has 2 aliphatic rings. The second-order valence-electron chi connectivity index (χ2n) is 8.54. The number of methoxy groups -OCH3 is 1. The number of thioether (sulfide) groups is 1. The standard InChI is InChI=1S/C23H29N5O4S2/c1-15-3-5-18(6-4-15)28-14-17(13-19(28)29)21(31)27-9-7-16(8-10-27)20(30)24-22-25-26-23(34-22)33-12-11-32-2/h3-6,16-17H,7-14H2,1-2H3,(H,24,25,30). The van der Waals surface area contributed by atoms with E-state index in [0.29, 0.717) is 44.2 Å². The maximum Gasteiger partial charge on any atom is 0.229 e. The molecule has 182 valence electrons. The van der Waals surface area contributed by atoms with E-state index in [1.807, 2.05) is 31.2 Å². The zero-order chi connectivity index (χ0) is 24.1. The molecule has 4 rings (SSSR count). The Kier molecular flexibility index (Phi) is 8.17. The summed E-state index contributed by atoms with van der Waals surface area (Å²) < 4.78 is 5.82. The quantitative estimate of drug-likeness (QED) is 0.336. The second kappa shape index (κ2) is 11.3. The second-order valence-corrected chi connectivity index (χ2v) is 10.9. The van der Waals surface area contributed by atoms with E-state index in [1.54, 1.807) is 28.7 Å². The molecule has 2 saturated heterocycles. The minimum atomic E-state index is -0.338. The number of anilines is 2. The van der Waals surface area contributed by atoms with Crippen molar-refractivity contribution in [1.82, 2.24) is 15.1 Å². The molecule has 1 N–H and O–H groups in total. The smallest absolute Gasteiger partial charge is 0.229 e. The first-order chi connectivity index (χ1) is 16.4. The van der Waals surface area contributed by atoms with Crippen LogP contribution in [0, 0.1) is 18.8 Å². The van der Waals surface area contributed by atoms with Crippen LogP contribution < -0.4 is 10.2 Å². The molecule has 3 amide bonds. The summed E-state index contributed by atoms with van der Waals surface area (Å²) in [7, 11) is 1.65. The number of amides is 3. The zero-order valence-electron chi connectivity index (χ0n) is 19.4. The summed E-state index contributed by atoms with van der Waals surface area (Å²) in [5, 5.41) is 11.5. The fourth-order valence-corrected chi connectivity index (χ4v) is 5.93. The van der Waals surface area contributed by atoms with Crippen molar-refractivity contribution in [3.8, 4) is 0 Å².